The highest BCUT2D eigenvalue weighted by Gasteiger charge is 2.50. The molecule has 0 bridgehead atoms. The summed E-state index contributed by atoms with van der Waals surface area (Å²) < 4.78 is 0. The first-order chi connectivity index (χ1) is 12.7. The minimum absolute atomic E-state index is 0.204. The summed E-state index contributed by atoms with van der Waals surface area (Å²) in [6.45, 7) is 19.7. The number of hydrogen-bond acceptors (Lipinski definition) is 4. The maximum Gasteiger partial charge on any atom is 0.236 e. The molecule has 4 nitrogen and oxygen atoms in total. The summed E-state index contributed by atoms with van der Waals surface area (Å²) in [6.07, 6.45) is 7.33. The van der Waals surface area contributed by atoms with Crippen molar-refractivity contribution >= 4 is 0 Å². The third kappa shape index (κ3) is 5.68. The Morgan fingerprint density at radius 3 is 1.37 bits per heavy atom. The van der Waals surface area contributed by atoms with Crippen molar-refractivity contribution in [2.24, 2.45) is 17.8 Å². The van der Waals surface area contributed by atoms with Crippen LogP contribution in [-0.4, -0.2) is 17.0 Å². The molecule has 27 heavy (non-hydrogen) atoms. The highest BCUT2D eigenvalue weighted by atomic mass is 17.3. The lowest BCUT2D eigenvalue weighted by atomic mass is 9.73. The SMILES string of the molecule is CCC(CC)(CC)OOC1(OOC(CC)(CC)CC)CC(C)C(C)CC1C. The van der Waals surface area contributed by atoms with Crippen LogP contribution >= 0.6 is 0 Å². The summed E-state index contributed by atoms with van der Waals surface area (Å²) in [7, 11) is 0. The van der Waals surface area contributed by atoms with Crippen LogP contribution < -0.4 is 0 Å². The molecule has 0 aliphatic heterocycles. The Labute approximate surface area is 168 Å². The van der Waals surface area contributed by atoms with Crippen molar-refractivity contribution in [1.82, 2.24) is 0 Å². The first kappa shape index (κ1) is 24.9. The molecule has 0 amide bonds. The molecule has 4 heteroatoms. The monoisotopic (exact) mass is 386 g/mol. The van der Waals surface area contributed by atoms with Crippen molar-refractivity contribution in [3.8, 4) is 0 Å². The summed E-state index contributed by atoms with van der Waals surface area (Å²) in [5.41, 5.74) is -0.528. The Balaban J connectivity index is 3.06. The van der Waals surface area contributed by atoms with Gasteiger partial charge in [0, 0.05) is 12.3 Å². The van der Waals surface area contributed by atoms with Crippen LogP contribution in [0.4, 0.5) is 0 Å². The minimum Gasteiger partial charge on any atom is -0.227 e. The van der Waals surface area contributed by atoms with Gasteiger partial charge in [0.2, 0.25) is 5.79 Å². The van der Waals surface area contributed by atoms with E-state index < -0.39 is 5.79 Å². The fourth-order valence-electron chi connectivity index (χ4n) is 4.24. The van der Waals surface area contributed by atoms with E-state index in [0.29, 0.717) is 11.8 Å². The van der Waals surface area contributed by atoms with Crippen molar-refractivity contribution in [2.75, 3.05) is 0 Å². The van der Waals surface area contributed by atoms with Crippen LogP contribution in [0.5, 0.6) is 0 Å². The van der Waals surface area contributed by atoms with Gasteiger partial charge in [-0.25, -0.2) is 9.78 Å². The zero-order chi connectivity index (χ0) is 20.7. The average molecular weight is 387 g/mol. The molecule has 3 atom stereocenters. The van der Waals surface area contributed by atoms with E-state index in [0.717, 1.165) is 51.4 Å². The molecule has 1 saturated carbocycles. The van der Waals surface area contributed by atoms with Gasteiger partial charge >= 0.3 is 0 Å². The van der Waals surface area contributed by atoms with E-state index in [1.165, 1.54) is 0 Å². The topological polar surface area (TPSA) is 36.9 Å². The zero-order valence-electron chi connectivity index (χ0n) is 19.5. The van der Waals surface area contributed by atoms with Gasteiger partial charge in [-0.2, -0.15) is 9.78 Å². The molecule has 0 spiro atoms. The van der Waals surface area contributed by atoms with E-state index >= 15 is 0 Å². The van der Waals surface area contributed by atoms with Crippen LogP contribution in [-0.2, 0) is 19.6 Å². The van der Waals surface area contributed by atoms with E-state index in [1.807, 2.05) is 0 Å². The van der Waals surface area contributed by atoms with Gasteiger partial charge in [0.05, 0.1) is 0 Å². The van der Waals surface area contributed by atoms with Crippen LogP contribution in [0.15, 0.2) is 0 Å². The van der Waals surface area contributed by atoms with E-state index in [1.54, 1.807) is 0 Å². The Bertz CT molecular complexity index is 374. The maximum atomic E-state index is 6.22. The maximum absolute atomic E-state index is 6.22. The smallest absolute Gasteiger partial charge is 0.227 e. The van der Waals surface area contributed by atoms with Gasteiger partial charge < -0.3 is 0 Å². The van der Waals surface area contributed by atoms with E-state index in [-0.39, 0.29) is 17.1 Å². The normalized spacial score (nSPS) is 26.3. The summed E-state index contributed by atoms with van der Waals surface area (Å²) in [6, 6.07) is 0. The molecule has 0 radical (unpaired) electrons. The van der Waals surface area contributed by atoms with Crippen LogP contribution in [0, 0.1) is 17.8 Å². The Hall–Kier alpha value is -0.160. The van der Waals surface area contributed by atoms with Crippen LogP contribution in [0.3, 0.4) is 0 Å². The molecule has 1 fully saturated rings. The van der Waals surface area contributed by atoms with Gasteiger partial charge in [0.1, 0.15) is 11.2 Å². The molecule has 1 aliphatic rings. The molecule has 0 aromatic rings. The van der Waals surface area contributed by atoms with Crippen molar-refractivity contribution < 1.29 is 19.6 Å². The molecule has 162 valence electrons. The highest BCUT2D eigenvalue weighted by molar-refractivity contribution is 4.87. The lowest BCUT2D eigenvalue weighted by molar-refractivity contribution is -0.564. The molecule has 0 heterocycles. The van der Waals surface area contributed by atoms with Crippen LogP contribution in [0.1, 0.15) is 114 Å². The molecule has 0 aromatic carbocycles. The van der Waals surface area contributed by atoms with Gasteiger partial charge in [-0.15, -0.1) is 0 Å². The number of rotatable bonds is 12. The molecule has 3 unspecified atom stereocenters. The van der Waals surface area contributed by atoms with Gasteiger partial charge in [-0.1, -0.05) is 62.3 Å². The van der Waals surface area contributed by atoms with E-state index in [4.69, 9.17) is 19.6 Å². The Morgan fingerprint density at radius 1 is 0.667 bits per heavy atom. The minimum atomic E-state index is -0.846. The lowest BCUT2D eigenvalue weighted by Crippen LogP contribution is -2.52. The number of hydrogen-bond donors (Lipinski definition) is 0. The third-order valence-electron chi connectivity index (χ3n) is 7.64. The molecule has 0 N–H and O–H groups in total. The first-order valence-electron chi connectivity index (χ1n) is 11.4. The van der Waals surface area contributed by atoms with Gasteiger partial charge in [-0.3, -0.25) is 0 Å². The van der Waals surface area contributed by atoms with E-state index in [2.05, 4.69) is 62.3 Å². The summed E-state index contributed by atoms with van der Waals surface area (Å²) in [4.78, 5) is 24.7. The Morgan fingerprint density at radius 2 is 1.04 bits per heavy atom. The lowest BCUT2D eigenvalue weighted by Gasteiger charge is -2.47. The molecule has 1 rings (SSSR count). The van der Waals surface area contributed by atoms with Crippen LogP contribution in [0.2, 0.25) is 0 Å². The summed E-state index contributed by atoms with van der Waals surface area (Å²) in [5, 5.41) is 0. The Kier molecular flexibility index (Phi) is 9.74. The first-order valence-corrected chi connectivity index (χ1v) is 11.4. The molecular formula is C23H46O4. The molecule has 1 aliphatic carbocycles. The van der Waals surface area contributed by atoms with Gasteiger partial charge in [-0.05, 0) is 56.8 Å². The molecular weight excluding hydrogens is 340 g/mol. The second-order valence-corrected chi connectivity index (χ2v) is 8.93. The fourth-order valence-corrected chi connectivity index (χ4v) is 4.24. The average Bonchev–Trinajstić information content (AvgIpc) is 2.69. The quantitative estimate of drug-likeness (QED) is 0.201. The van der Waals surface area contributed by atoms with Gasteiger partial charge in [0.25, 0.3) is 0 Å². The van der Waals surface area contributed by atoms with Crippen molar-refractivity contribution in [3.05, 3.63) is 0 Å². The fraction of sp³-hybridized carbons (Fsp3) is 1.00. The summed E-state index contributed by atoms with van der Waals surface area (Å²) in [5.74, 6) is 0.491. The largest absolute Gasteiger partial charge is 0.236 e. The second-order valence-electron chi connectivity index (χ2n) is 8.93. The van der Waals surface area contributed by atoms with Crippen molar-refractivity contribution in [3.63, 3.8) is 0 Å². The highest BCUT2D eigenvalue weighted by Crippen LogP contribution is 2.46. The molecule has 0 aromatic heterocycles. The molecule has 0 saturated heterocycles. The predicted molar refractivity (Wildman–Crippen MR) is 111 cm³/mol. The second kappa shape index (κ2) is 10.6. The predicted octanol–water partition coefficient (Wildman–Crippen LogP) is 7.22. The van der Waals surface area contributed by atoms with E-state index in [9.17, 15) is 0 Å². The van der Waals surface area contributed by atoms with Gasteiger partial charge in [0.15, 0.2) is 0 Å². The summed E-state index contributed by atoms with van der Waals surface area (Å²) >= 11 is 0. The van der Waals surface area contributed by atoms with Crippen molar-refractivity contribution in [1.29, 1.82) is 0 Å². The standard InChI is InChI=1S/C23H46O4/c1-10-21(11-2,12-3)24-26-23(17-19(8)18(7)16-20(23)9)27-25-22(13-4,14-5)15-6/h18-20H,10-17H2,1-9H3. The van der Waals surface area contributed by atoms with Crippen LogP contribution in [0.25, 0.3) is 0 Å². The van der Waals surface area contributed by atoms with Crippen molar-refractivity contribution in [2.45, 2.75) is 131 Å². The third-order valence-corrected chi connectivity index (χ3v) is 7.64. The zero-order valence-corrected chi connectivity index (χ0v) is 19.5.